The molecule has 10 heteroatoms. The maximum absolute atomic E-state index is 14.1. The van der Waals surface area contributed by atoms with Gasteiger partial charge in [-0.2, -0.15) is 13.8 Å². The maximum atomic E-state index is 14.1. The summed E-state index contributed by atoms with van der Waals surface area (Å²) in [4.78, 5) is 23.8. The standard InChI is InChI=1S/C21H23F2N5O3/c1-12(29)25-18-8-14-15(11-28(13-4-5-13)17(14)10-24-18)16-9-19(31-7-6-30-3)27-20(26-16)21(2,22)23/h8-11,13H,4-7H2,1-3H3,(H,24,25,29). The molecular weight excluding hydrogens is 408 g/mol. The van der Waals surface area contributed by atoms with Gasteiger partial charge in [-0.15, -0.1) is 0 Å². The van der Waals surface area contributed by atoms with Crippen LogP contribution in [-0.4, -0.2) is 45.7 Å². The molecule has 0 aromatic carbocycles. The summed E-state index contributed by atoms with van der Waals surface area (Å²) in [5.74, 6) is -3.70. The first-order valence-corrected chi connectivity index (χ1v) is 9.94. The average molecular weight is 431 g/mol. The number of pyridine rings is 1. The second kappa shape index (κ2) is 8.18. The Bertz CT molecular complexity index is 1120. The van der Waals surface area contributed by atoms with Crippen molar-refractivity contribution < 1.29 is 23.0 Å². The fraction of sp³-hybridized carbons (Fsp3) is 0.429. The zero-order valence-electron chi connectivity index (χ0n) is 17.5. The van der Waals surface area contributed by atoms with Crippen molar-refractivity contribution in [1.29, 1.82) is 0 Å². The van der Waals surface area contributed by atoms with Crippen LogP contribution >= 0.6 is 0 Å². The predicted molar refractivity (Wildman–Crippen MR) is 110 cm³/mol. The molecule has 0 atom stereocenters. The number of ether oxygens (including phenoxy) is 2. The lowest BCUT2D eigenvalue weighted by molar-refractivity contribution is -0.114. The van der Waals surface area contributed by atoms with E-state index >= 15 is 0 Å². The first-order chi connectivity index (χ1) is 14.8. The van der Waals surface area contributed by atoms with Crippen LogP contribution < -0.4 is 10.1 Å². The number of nitrogens with zero attached hydrogens (tertiary/aromatic N) is 4. The number of nitrogens with one attached hydrogen (secondary N) is 1. The summed E-state index contributed by atoms with van der Waals surface area (Å²) < 4.78 is 40.8. The zero-order valence-corrected chi connectivity index (χ0v) is 17.5. The van der Waals surface area contributed by atoms with Crippen LogP contribution in [0.3, 0.4) is 0 Å². The quantitative estimate of drug-likeness (QED) is 0.544. The summed E-state index contributed by atoms with van der Waals surface area (Å²) in [5.41, 5.74) is 1.79. The SMILES string of the molecule is COCCOc1cc(-c2cn(C3CC3)c3cnc(NC(C)=O)cc23)nc(C(C)(F)F)n1. The van der Waals surface area contributed by atoms with Crippen molar-refractivity contribution in [1.82, 2.24) is 19.5 Å². The molecule has 0 saturated heterocycles. The maximum Gasteiger partial charge on any atom is 0.303 e. The van der Waals surface area contributed by atoms with E-state index in [1.54, 1.807) is 12.3 Å². The van der Waals surface area contributed by atoms with Crippen LogP contribution in [0.25, 0.3) is 22.2 Å². The number of alkyl halides is 2. The van der Waals surface area contributed by atoms with Gasteiger partial charge in [0.1, 0.15) is 12.4 Å². The number of fused-ring (bicyclic) bond motifs is 1. The summed E-state index contributed by atoms with van der Waals surface area (Å²) >= 11 is 0. The summed E-state index contributed by atoms with van der Waals surface area (Å²) in [7, 11) is 1.52. The molecule has 3 aromatic rings. The Kier molecular flexibility index (Phi) is 5.57. The van der Waals surface area contributed by atoms with Crippen LogP contribution in [-0.2, 0) is 15.5 Å². The van der Waals surface area contributed by atoms with Crippen LogP contribution in [0.5, 0.6) is 5.88 Å². The van der Waals surface area contributed by atoms with Crippen molar-refractivity contribution in [3.05, 3.63) is 30.4 Å². The predicted octanol–water partition coefficient (Wildman–Crippen LogP) is 3.92. The van der Waals surface area contributed by atoms with E-state index in [0.717, 1.165) is 30.7 Å². The molecule has 1 saturated carbocycles. The van der Waals surface area contributed by atoms with Crippen LogP contribution in [0.2, 0.25) is 0 Å². The van der Waals surface area contributed by atoms with Crippen LogP contribution in [0, 0.1) is 0 Å². The number of halogens is 2. The molecule has 1 aliphatic carbocycles. The van der Waals surface area contributed by atoms with E-state index < -0.39 is 11.7 Å². The minimum Gasteiger partial charge on any atom is -0.475 e. The molecule has 164 valence electrons. The molecule has 1 fully saturated rings. The summed E-state index contributed by atoms with van der Waals surface area (Å²) in [6, 6.07) is 3.59. The Labute approximate surface area is 177 Å². The average Bonchev–Trinajstić information content (AvgIpc) is 3.47. The van der Waals surface area contributed by atoms with Gasteiger partial charge in [0.05, 0.1) is 24.0 Å². The van der Waals surface area contributed by atoms with E-state index in [-0.39, 0.29) is 18.4 Å². The van der Waals surface area contributed by atoms with Crippen molar-refractivity contribution in [2.75, 3.05) is 25.6 Å². The van der Waals surface area contributed by atoms with Gasteiger partial charge < -0.3 is 19.4 Å². The molecule has 1 amide bonds. The molecule has 0 spiro atoms. The number of rotatable bonds is 8. The number of hydrogen-bond acceptors (Lipinski definition) is 6. The van der Waals surface area contributed by atoms with Gasteiger partial charge in [0.2, 0.25) is 17.6 Å². The second-order valence-corrected chi connectivity index (χ2v) is 7.59. The molecule has 3 heterocycles. The van der Waals surface area contributed by atoms with Gasteiger partial charge in [-0.3, -0.25) is 4.79 Å². The van der Waals surface area contributed by atoms with Crippen molar-refractivity contribution in [2.24, 2.45) is 0 Å². The van der Waals surface area contributed by atoms with Gasteiger partial charge >= 0.3 is 5.92 Å². The van der Waals surface area contributed by atoms with Gasteiger partial charge in [-0.25, -0.2) is 9.97 Å². The third-order valence-electron chi connectivity index (χ3n) is 4.87. The van der Waals surface area contributed by atoms with Gasteiger partial charge in [-0.1, -0.05) is 0 Å². The first-order valence-electron chi connectivity index (χ1n) is 9.94. The first kappa shape index (κ1) is 21.1. The highest BCUT2D eigenvalue weighted by atomic mass is 19.3. The van der Waals surface area contributed by atoms with E-state index in [1.165, 1.54) is 20.1 Å². The smallest absolute Gasteiger partial charge is 0.303 e. The Morgan fingerprint density at radius 2 is 2.06 bits per heavy atom. The monoisotopic (exact) mass is 431 g/mol. The topological polar surface area (TPSA) is 91.2 Å². The zero-order chi connectivity index (χ0) is 22.2. The molecule has 0 radical (unpaired) electrons. The number of anilines is 1. The Hall–Kier alpha value is -3.14. The Balaban J connectivity index is 1.86. The third kappa shape index (κ3) is 4.63. The lowest BCUT2D eigenvalue weighted by Gasteiger charge is -2.13. The number of carbonyl (C=O) groups excluding carboxylic acids is 1. The van der Waals surface area contributed by atoms with E-state index in [0.29, 0.717) is 29.7 Å². The van der Waals surface area contributed by atoms with Crippen LogP contribution in [0.15, 0.2) is 24.5 Å². The lowest BCUT2D eigenvalue weighted by atomic mass is 10.1. The van der Waals surface area contributed by atoms with E-state index in [2.05, 4.69) is 24.8 Å². The molecule has 4 rings (SSSR count). The van der Waals surface area contributed by atoms with Gasteiger partial charge in [0.15, 0.2) is 0 Å². The highest BCUT2D eigenvalue weighted by Crippen LogP contribution is 2.42. The molecule has 0 bridgehead atoms. The fourth-order valence-corrected chi connectivity index (χ4v) is 3.32. The van der Waals surface area contributed by atoms with E-state index in [1.807, 2.05) is 6.20 Å². The molecular formula is C21H23F2N5O3. The van der Waals surface area contributed by atoms with E-state index in [4.69, 9.17) is 9.47 Å². The lowest BCUT2D eigenvalue weighted by Crippen LogP contribution is -2.15. The minimum atomic E-state index is -3.24. The molecule has 0 aliphatic heterocycles. The van der Waals surface area contributed by atoms with Crippen LogP contribution in [0.1, 0.15) is 38.6 Å². The highest BCUT2D eigenvalue weighted by molar-refractivity contribution is 5.98. The van der Waals surface area contributed by atoms with Crippen molar-refractivity contribution in [3.63, 3.8) is 0 Å². The minimum absolute atomic E-state index is 0.0436. The Morgan fingerprint density at radius 3 is 2.71 bits per heavy atom. The van der Waals surface area contributed by atoms with E-state index in [9.17, 15) is 13.6 Å². The van der Waals surface area contributed by atoms with Crippen molar-refractivity contribution >= 4 is 22.6 Å². The van der Waals surface area contributed by atoms with Gasteiger partial charge in [0, 0.05) is 50.2 Å². The van der Waals surface area contributed by atoms with Gasteiger partial charge in [0.25, 0.3) is 0 Å². The summed E-state index contributed by atoms with van der Waals surface area (Å²) in [5, 5.41) is 3.41. The normalized spacial score (nSPS) is 14.1. The Morgan fingerprint density at radius 1 is 1.29 bits per heavy atom. The van der Waals surface area contributed by atoms with Gasteiger partial charge in [-0.05, 0) is 18.9 Å². The summed E-state index contributed by atoms with van der Waals surface area (Å²) in [6.45, 7) is 2.61. The molecule has 8 nitrogen and oxygen atoms in total. The highest BCUT2D eigenvalue weighted by Gasteiger charge is 2.31. The van der Waals surface area contributed by atoms with Crippen molar-refractivity contribution in [3.8, 4) is 17.1 Å². The second-order valence-electron chi connectivity index (χ2n) is 7.59. The molecule has 1 N–H and O–H groups in total. The number of hydrogen-bond donors (Lipinski definition) is 1. The molecule has 0 unspecified atom stereocenters. The largest absolute Gasteiger partial charge is 0.475 e. The fourth-order valence-electron chi connectivity index (χ4n) is 3.32. The summed E-state index contributed by atoms with van der Waals surface area (Å²) in [6.07, 6.45) is 5.63. The molecule has 3 aromatic heterocycles. The third-order valence-corrected chi connectivity index (χ3v) is 4.87. The molecule has 1 aliphatic rings. The number of methoxy groups -OCH3 is 1. The molecule has 31 heavy (non-hydrogen) atoms. The number of carbonyl (C=O) groups is 1. The van der Waals surface area contributed by atoms with Crippen LogP contribution in [0.4, 0.5) is 14.6 Å². The van der Waals surface area contributed by atoms with Crippen molar-refractivity contribution in [2.45, 2.75) is 38.7 Å². The number of amides is 1. The number of aromatic nitrogens is 4.